The van der Waals surface area contributed by atoms with Crippen LogP contribution in [0.3, 0.4) is 0 Å². The molecule has 0 saturated carbocycles. The van der Waals surface area contributed by atoms with E-state index in [2.05, 4.69) is 15.3 Å². The average Bonchev–Trinajstić information content (AvgIpc) is 2.37. The van der Waals surface area contributed by atoms with Crippen LogP contribution in [0.15, 0.2) is 0 Å². The van der Waals surface area contributed by atoms with Crippen LogP contribution >= 0.6 is 0 Å². The molecule has 104 valence electrons. The number of amides is 1. The summed E-state index contributed by atoms with van der Waals surface area (Å²) in [6.07, 6.45) is 4.19. The zero-order valence-corrected chi connectivity index (χ0v) is 11.4. The molecule has 1 unspecified atom stereocenters. The molecule has 1 aliphatic carbocycles. The van der Waals surface area contributed by atoms with Crippen LogP contribution in [-0.4, -0.2) is 35.6 Å². The number of hydrogen-bond donors (Lipinski definition) is 2. The van der Waals surface area contributed by atoms with Crippen LogP contribution < -0.4 is 11.1 Å². The van der Waals surface area contributed by atoms with Gasteiger partial charge in [-0.3, -0.25) is 4.79 Å². The van der Waals surface area contributed by atoms with E-state index in [4.69, 9.17) is 10.5 Å². The number of anilines is 1. The Bertz CT molecular complexity index is 476. The Morgan fingerprint density at radius 1 is 1.42 bits per heavy atom. The number of hydrogen-bond acceptors (Lipinski definition) is 5. The number of rotatable bonds is 5. The van der Waals surface area contributed by atoms with E-state index in [0.717, 1.165) is 42.8 Å². The predicted octanol–water partition coefficient (Wildman–Crippen LogP) is 0.576. The van der Waals surface area contributed by atoms with E-state index in [-0.39, 0.29) is 6.61 Å². The lowest BCUT2D eigenvalue weighted by atomic mass is 9.96. The fourth-order valence-corrected chi connectivity index (χ4v) is 2.36. The minimum absolute atomic E-state index is 0.229. The van der Waals surface area contributed by atoms with Crippen molar-refractivity contribution in [2.45, 2.75) is 38.6 Å². The molecule has 0 saturated heterocycles. The van der Waals surface area contributed by atoms with Crippen molar-refractivity contribution in [3.05, 3.63) is 17.1 Å². The molecule has 1 aromatic heterocycles. The van der Waals surface area contributed by atoms with E-state index in [1.54, 1.807) is 0 Å². The SMILES string of the molecule is COCC(Nc1nc(C)nc2c1CCCC2)C(N)=O. The molecule has 3 N–H and O–H groups in total. The zero-order valence-electron chi connectivity index (χ0n) is 11.4. The Morgan fingerprint density at radius 3 is 2.84 bits per heavy atom. The molecule has 0 spiro atoms. The van der Waals surface area contributed by atoms with Crippen molar-refractivity contribution in [3.8, 4) is 0 Å². The first kappa shape index (κ1) is 13.7. The molecule has 2 rings (SSSR count). The van der Waals surface area contributed by atoms with Crippen molar-refractivity contribution >= 4 is 11.7 Å². The van der Waals surface area contributed by atoms with Crippen LogP contribution in [0.25, 0.3) is 0 Å². The molecule has 1 heterocycles. The van der Waals surface area contributed by atoms with E-state index in [9.17, 15) is 4.79 Å². The van der Waals surface area contributed by atoms with Crippen molar-refractivity contribution in [2.75, 3.05) is 19.0 Å². The molecule has 1 amide bonds. The second kappa shape index (κ2) is 5.97. The van der Waals surface area contributed by atoms with Crippen LogP contribution in [0.2, 0.25) is 0 Å². The summed E-state index contributed by atoms with van der Waals surface area (Å²) in [5.74, 6) is 0.995. The van der Waals surface area contributed by atoms with E-state index in [0.29, 0.717) is 5.82 Å². The van der Waals surface area contributed by atoms with Gasteiger partial charge in [0.25, 0.3) is 0 Å². The molecule has 1 aromatic rings. The smallest absolute Gasteiger partial charge is 0.242 e. The Labute approximate surface area is 112 Å². The fraction of sp³-hybridized carbons (Fsp3) is 0.615. The number of nitrogens with zero attached hydrogens (tertiary/aromatic N) is 2. The summed E-state index contributed by atoms with van der Waals surface area (Å²) >= 11 is 0. The molecule has 0 bridgehead atoms. The number of nitrogens with one attached hydrogen (secondary N) is 1. The van der Waals surface area contributed by atoms with Gasteiger partial charge >= 0.3 is 0 Å². The van der Waals surface area contributed by atoms with E-state index >= 15 is 0 Å². The molecular formula is C13H20N4O2. The number of aromatic nitrogens is 2. The molecule has 0 fully saturated rings. The van der Waals surface area contributed by atoms with Gasteiger partial charge in [0.1, 0.15) is 17.7 Å². The largest absolute Gasteiger partial charge is 0.382 e. The van der Waals surface area contributed by atoms with E-state index < -0.39 is 11.9 Å². The molecule has 6 heteroatoms. The minimum Gasteiger partial charge on any atom is -0.382 e. The van der Waals surface area contributed by atoms with Crippen molar-refractivity contribution in [3.63, 3.8) is 0 Å². The number of fused-ring (bicyclic) bond motifs is 1. The van der Waals surface area contributed by atoms with Crippen LogP contribution in [0.1, 0.15) is 29.9 Å². The molecule has 19 heavy (non-hydrogen) atoms. The normalized spacial score (nSPS) is 15.7. The van der Waals surface area contributed by atoms with Gasteiger partial charge in [0.05, 0.1) is 6.61 Å². The quantitative estimate of drug-likeness (QED) is 0.811. The second-order valence-corrected chi connectivity index (χ2v) is 4.81. The van der Waals surface area contributed by atoms with Crippen molar-refractivity contribution in [1.82, 2.24) is 9.97 Å². The highest BCUT2D eigenvalue weighted by Crippen LogP contribution is 2.25. The summed E-state index contributed by atoms with van der Waals surface area (Å²) in [6.45, 7) is 2.09. The predicted molar refractivity (Wildman–Crippen MR) is 71.9 cm³/mol. The number of primary amides is 1. The molecule has 1 aliphatic rings. The molecule has 1 atom stereocenters. The van der Waals surface area contributed by atoms with Gasteiger partial charge < -0.3 is 15.8 Å². The zero-order chi connectivity index (χ0) is 13.8. The van der Waals surface area contributed by atoms with Gasteiger partial charge in [-0.1, -0.05) is 0 Å². The van der Waals surface area contributed by atoms with Crippen molar-refractivity contribution in [1.29, 1.82) is 0 Å². The average molecular weight is 264 g/mol. The summed E-state index contributed by atoms with van der Waals surface area (Å²) < 4.78 is 5.01. The maximum absolute atomic E-state index is 11.4. The van der Waals surface area contributed by atoms with Gasteiger partial charge in [-0.25, -0.2) is 9.97 Å². The first-order valence-electron chi connectivity index (χ1n) is 6.53. The van der Waals surface area contributed by atoms with E-state index in [1.807, 2.05) is 6.92 Å². The lowest BCUT2D eigenvalue weighted by Gasteiger charge is -2.22. The number of carbonyl (C=O) groups is 1. The number of ether oxygens (including phenoxy) is 1. The Balaban J connectivity index is 2.28. The third kappa shape index (κ3) is 3.20. The van der Waals surface area contributed by atoms with Crippen LogP contribution in [0.5, 0.6) is 0 Å². The first-order chi connectivity index (χ1) is 9.11. The van der Waals surface area contributed by atoms with Crippen LogP contribution in [0, 0.1) is 6.92 Å². The number of carbonyl (C=O) groups excluding carboxylic acids is 1. The number of nitrogens with two attached hydrogens (primary N) is 1. The van der Waals surface area contributed by atoms with Gasteiger partial charge in [-0.2, -0.15) is 0 Å². The van der Waals surface area contributed by atoms with Gasteiger partial charge in [-0.05, 0) is 32.6 Å². The van der Waals surface area contributed by atoms with Crippen molar-refractivity contribution < 1.29 is 9.53 Å². The van der Waals surface area contributed by atoms with Gasteiger partial charge in [-0.15, -0.1) is 0 Å². The maximum Gasteiger partial charge on any atom is 0.242 e. The highest BCUT2D eigenvalue weighted by molar-refractivity contribution is 5.83. The topological polar surface area (TPSA) is 90.1 Å². The lowest BCUT2D eigenvalue weighted by molar-refractivity contribution is -0.119. The molecular weight excluding hydrogens is 244 g/mol. The summed E-state index contributed by atoms with van der Waals surface area (Å²) in [6, 6.07) is -0.565. The minimum atomic E-state index is -0.565. The van der Waals surface area contributed by atoms with Crippen molar-refractivity contribution in [2.24, 2.45) is 5.73 Å². The molecule has 6 nitrogen and oxygen atoms in total. The van der Waals surface area contributed by atoms with Crippen LogP contribution in [-0.2, 0) is 22.4 Å². The maximum atomic E-state index is 11.4. The summed E-state index contributed by atoms with van der Waals surface area (Å²) in [5, 5.41) is 3.10. The molecule has 0 radical (unpaired) electrons. The highest BCUT2D eigenvalue weighted by Gasteiger charge is 2.21. The summed E-state index contributed by atoms with van der Waals surface area (Å²) in [5.41, 5.74) is 7.56. The molecule has 0 aliphatic heterocycles. The highest BCUT2D eigenvalue weighted by atomic mass is 16.5. The number of aryl methyl sites for hydroxylation is 2. The van der Waals surface area contributed by atoms with Gasteiger partial charge in [0.2, 0.25) is 5.91 Å². The monoisotopic (exact) mass is 264 g/mol. The van der Waals surface area contributed by atoms with E-state index in [1.165, 1.54) is 7.11 Å². The summed E-state index contributed by atoms with van der Waals surface area (Å²) in [7, 11) is 1.54. The molecule has 0 aromatic carbocycles. The Morgan fingerprint density at radius 2 is 2.16 bits per heavy atom. The third-order valence-corrected chi connectivity index (χ3v) is 3.28. The van der Waals surface area contributed by atoms with Gasteiger partial charge in [0, 0.05) is 18.4 Å². The fourth-order valence-electron chi connectivity index (χ4n) is 2.36. The first-order valence-corrected chi connectivity index (χ1v) is 6.53. The standard InChI is InChI=1S/C13H20N4O2/c1-8-15-10-6-4-3-5-9(10)13(16-8)17-11(7-19-2)12(14)18/h11H,3-7H2,1-2H3,(H2,14,18)(H,15,16,17). The summed E-state index contributed by atoms with van der Waals surface area (Å²) in [4.78, 5) is 20.3. The lowest BCUT2D eigenvalue weighted by Crippen LogP contribution is -2.39. The Hall–Kier alpha value is -1.69. The Kier molecular flexibility index (Phi) is 4.31. The van der Waals surface area contributed by atoms with Crippen LogP contribution in [0.4, 0.5) is 5.82 Å². The number of methoxy groups -OCH3 is 1. The second-order valence-electron chi connectivity index (χ2n) is 4.81. The third-order valence-electron chi connectivity index (χ3n) is 3.28. The van der Waals surface area contributed by atoms with Gasteiger partial charge in [0.15, 0.2) is 0 Å².